The van der Waals surface area contributed by atoms with Crippen molar-refractivity contribution in [3.8, 4) is 0 Å². The molecule has 0 aliphatic carbocycles. The summed E-state index contributed by atoms with van der Waals surface area (Å²) >= 11 is 0. The molecule has 132 valence electrons. The monoisotopic (exact) mass is 348 g/mol. The van der Waals surface area contributed by atoms with Crippen LogP contribution in [0.2, 0.25) is 0 Å². The van der Waals surface area contributed by atoms with Crippen LogP contribution >= 0.6 is 0 Å². The van der Waals surface area contributed by atoms with Gasteiger partial charge in [-0.1, -0.05) is 48.5 Å². The fraction of sp³-hybridized carbons (Fsp3) is 0.136. The van der Waals surface area contributed by atoms with Crippen LogP contribution < -0.4 is 10.6 Å². The van der Waals surface area contributed by atoms with Gasteiger partial charge in [-0.05, 0) is 47.9 Å². The fourth-order valence-electron chi connectivity index (χ4n) is 2.70. The molecule has 0 saturated carbocycles. The third-order valence-corrected chi connectivity index (χ3v) is 4.06. The first-order valence-corrected chi connectivity index (χ1v) is 8.62. The number of anilines is 2. The van der Waals surface area contributed by atoms with Crippen molar-refractivity contribution < 1.29 is 9.18 Å². The second-order valence-electron chi connectivity index (χ2n) is 6.06. The van der Waals surface area contributed by atoms with Gasteiger partial charge >= 0.3 is 0 Å². The van der Waals surface area contributed by atoms with Gasteiger partial charge < -0.3 is 10.6 Å². The number of halogens is 1. The average Bonchev–Trinajstić information content (AvgIpc) is 2.65. The summed E-state index contributed by atoms with van der Waals surface area (Å²) in [6.07, 6.45) is 0.964. The Labute approximate surface area is 152 Å². The van der Waals surface area contributed by atoms with Crippen molar-refractivity contribution in [3.05, 3.63) is 95.8 Å². The Kier molecular flexibility index (Phi) is 5.99. The standard InChI is InChI=1S/C22H21FN2O/c23-21-9-5-4-8-18(21)14-15-24-19-10-12-20(13-11-19)25-22(26)16-17-6-2-1-3-7-17/h1-13,24H,14-16H2,(H,25,26). The van der Waals surface area contributed by atoms with E-state index < -0.39 is 0 Å². The number of benzene rings is 3. The van der Waals surface area contributed by atoms with Crippen molar-refractivity contribution in [2.45, 2.75) is 12.8 Å². The summed E-state index contributed by atoms with van der Waals surface area (Å²) in [6.45, 7) is 0.640. The Bertz CT molecular complexity index is 848. The number of rotatable bonds is 7. The molecule has 2 N–H and O–H groups in total. The molecule has 26 heavy (non-hydrogen) atoms. The highest BCUT2D eigenvalue weighted by molar-refractivity contribution is 5.92. The van der Waals surface area contributed by atoms with E-state index in [9.17, 15) is 9.18 Å². The lowest BCUT2D eigenvalue weighted by Gasteiger charge is -2.09. The van der Waals surface area contributed by atoms with Crippen molar-refractivity contribution in [1.82, 2.24) is 0 Å². The summed E-state index contributed by atoms with van der Waals surface area (Å²) in [5, 5.41) is 6.15. The lowest BCUT2D eigenvalue weighted by atomic mass is 10.1. The predicted octanol–water partition coefficient (Wildman–Crippen LogP) is 4.66. The fourth-order valence-corrected chi connectivity index (χ4v) is 2.70. The average molecular weight is 348 g/mol. The minimum absolute atomic E-state index is 0.0449. The van der Waals surface area contributed by atoms with Crippen LogP contribution in [-0.4, -0.2) is 12.5 Å². The topological polar surface area (TPSA) is 41.1 Å². The number of carbonyl (C=O) groups is 1. The molecule has 0 atom stereocenters. The SMILES string of the molecule is O=C(Cc1ccccc1)Nc1ccc(NCCc2ccccc2F)cc1. The highest BCUT2D eigenvalue weighted by Gasteiger charge is 2.04. The maximum absolute atomic E-state index is 13.6. The number of hydrogen-bond acceptors (Lipinski definition) is 2. The van der Waals surface area contributed by atoms with Gasteiger partial charge in [0.1, 0.15) is 5.82 Å². The molecule has 0 saturated heterocycles. The summed E-state index contributed by atoms with van der Waals surface area (Å²) in [5.74, 6) is -0.220. The minimum atomic E-state index is -0.175. The van der Waals surface area contributed by atoms with E-state index in [0.29, 0.717) is 24.9 Å². The molecule has 3 nitrogen and oxygen atoms in total. The number of amides is 1. The molecule has 0 heterocycles. The van der Waals surface area contributed by atoms with Crippen LogP contribution in [0.25, 0.3) is 0 Å². The second-order valence-corrected chi connectivity index (χ2v) is 6.06. The van der Waals surface area contributed by atoms with Gasteiger partial charge in [0, 0.05) is 17.9 Å². The van der Waals surface area contributed by atoms with E-state index >= 15 is 0 Å². The highest BCUT2D eigenvalue weighted by atomic mass is 19.1. The van der Waals surface area contributed by atoms with E-state index in [-0.39, 0.29) is 11.7 Å². The normalized spacial score (nSPS) is 10.3. The maximum atomic E-state index is 13.6. The minimum Gasteiger partial charge on any atom is -0.385 e. The molecule has 3 aromatic carbocycles. The smallest absolute Gasteiger partial charge is 0.228 e. The van der Waals surface area contributed by atoms with Crippen LogP contribution in [0.15, 0.2) is 78.9 Å². The molecule has 0 aliphatic heterocycles. The molecule has 1 amide bonds. The number of carbonyl (C=O) groups excluding carboxylic acids is 1. The number of nitrogens with one attached hydrogen (secondary N) is 2. The van der Waals surface area contributed by atoms with Crippen LogP contribution in [0.1, 0.15) is 11.1 Å². The van der Waals surface area contributed by atoms with Gasteiger partial charge in [0.15, 0.2) is 0 Å². The van der Waals surface area contributed by atoms with Gasteiger partial charge in [-0.25, -0.2) is 4.39 Å². The van der Waals surface area contributed by atoms with E-state index in [1.807, 2.05) is 60.7 Å². The van der Waals surface area contributed by atoms with E-state index in [2.05, 4.69) is 10.6 Å². The Balaban J connectivity index is 1.47. The Morgan fingerprint density at radius 3 is 2.19 bits per heavy atom. The van der Waals surface area contributed by atoms with Gasteiger partial charge in [-0.2, -0.15) is 0 Å². The zero-order valence-corrected chi connectivity index (χ0v) is 14.4. The Morgan fingerprint density at radius 2 is 1.46 bits per heavy atom. The van der Waals surface area contributed by atoms with Crippen molar-refractivity contribution in [3.63, 3.8) is 0 Å². The second kappa shape index (κ2) is 8.81. The Hall–Kier alpha value is -3.14. The molecule has 0 aromatic heterocycles. The van der Waals surface area contributed by atoms with Gasteiger partial charge in [-0.3, -0.25) is 4.79 Å². The zero-order valence-electron chi connectivity index (χ0n) is 14.4. The first kappa shape index (κ1) is 17.7. The van der Waals surface area contributed by atoms with E-state index in [4.69, 9.17) is 0 Å². The van der Waals surface area contributed by atoms with E-state index in [1.165, 1.54) is 6.07 Å². The van der Waals surface area contributed by atoms with Crippen LogP contribution in [0.3, 0.4) is 0 Å². The molecule has 3 rings (SSSR count). The molecule has 0 unspecified atom stereocenters. The van der Waals surface area contributed by atoms with E-state index in [1.54, 1.807) is 12.1 Å². The summed E-state index contributed by atoms with van der Waals surface area (Å²) in [5.41, 5.74) is 3.37. The summed E-state index contributed by atoms with van der Waals surface area (Å²) < 4.78 is 13.6. The number of hydrogen-bond donors (Lipinski definition) is 2. The molecule has 0 bridgehead atoms. The zero-order chi connectivity index (χ0) is 18.2. The summed E-state index contributed by atoms with van der Waals surface area (Å²) in [4.78, 5) is 12.1. The van der Waals surface area contributed by atoms with Crippen LogP contribution in [0.5, 0.6) is 0 Å². The lowest BCUT2D eigenvalue weighted by Crippen LogP contribution is -2.14. The van der Waals surface area contributed by atoms with Gasteiger partial charge in [0.25, 0.3) is 0 Å². The largest absolute Gasteiger partial charge is 0.385 e. The van der Waals surface area contributed by atoms with Crippen molar-refractivity contribution in [2.75, 3.05) is 17.2 Å². The molecule has 3 aromatic rings. The van der Waals surface area contributed by atoms with Gasteiger partial charge in [0.05, 0.1) is 6.42 Å². The van der Waals surface area contributed by atoms with Gasteiger partial charge in [-0.15, -0.1) is 0 Å². The molecule has 4 heteroatoms. The van der Waals surface area contributed by atoms with E-state index in [0.717, 1.165) is 16.9 Å². The first-order chi connectivity index (χ1) is 12.7. The third kappa shape index (κ3) is 5.18. The predicted molar refractivity (Wildman–Crippen MR) is 104 cm³/mol. The van der Waals surface area contributed by atoms with Crippen LogP contribution in [0.4, 0.5) is 15.8 Å². The molecule has 0 fully saturated rings. The summed E-state index contributed by atoms with van der Waals surface area (Å²) in [6, 6.07) is 24.0. The quantitative estimate of drug-likeness (QED) is 0.652. The Morgan fingerprint density at radius 1 is 0.808 bits per heavy atom. The summed E-state index contributed by atoms with van der Waals surface area (Å²) in [7, 11) is 0. The highest BCUT2D eigenvalue weighted by Crippen LogP contribution is 2.15. The molecular weight excluding hydrogens is 327 g/mol. The van der Waals surface area contributed by atoms with Crippen LogP contribution in [0, 0.1) is 5.82 Å². The molecule has 0 aliphatic rings. The van der Waals surface area contributed by atoms with Crippen molar-refractivity contribution >= 4 is 17.3 Å². The maximum Gasteiger partial charge on any atom is 0.228 e. The van der Waals surface area contributed by atoms with Crippen LogP contribution in [-0.2, 0) is 17.6 Å². The van der Waals surface area contributed by atoms with Crippen molar-refractivity contribution in [2.24, 2.45) is 0 Å². The van der Waals surface area contributed by atoms with Gasteiger partial charge in [0.2, 0.25) is 5.91 Å². The molecule has 0 radical (unpaired) electrons. The van der Waals surface area contributed by atoms with Crippen molar-refractivity contribution in [1.29, 1.82) is 0 Å². The lowest BCUT2D eigenvalue weighted by molar-refractivity contribution is -0.115. The molecular formula is C22H21FN2O. The first-order valence-electron chi connectivity index (χ1n) is 8.62. The third-order valence-electron chi connectivity index (χ3n) is 4.06. The molecule has 0 spiro atoms.